The molecular weight excluding hydrogens is 572 g/mol. The minimum Gasteiger partial charge on any atom is -0.494 e. The Bertz CT molecular complexity index is 1780. The Morgan fingerprint density at radius 1 is 1.10 bits per heavy atom. The van der Waals surface area contributed by atoms with E-state index in [1.54, 1.807) is 10.6 Å². The molecule has 3 N–H and O–H groups in total. The number of nitrogens with one attached hydrogen (secondary N) is 1. The number of nitrogens with two attached hydrogens (primary N) is 1. The topological polar surface area (TPSA) is 170 Å². The van der Waals surface area contributed by atoms with E-state index in [1.807, 2.05) is 31.2 Å². The number of hydrogen-bond acceptors (Lipinski definition) is 11. The van der Waals surface area contributed by atoms with E-state index >= 15 is 0 Å². The monoisotopic (exact) mass is 599 g/mol. The zero-order valence-corrected chi connectivity index (χ0v) is 23.6. The van der Waals surface area contributed by atoms with Crippen molar-refractivity contribution in [1.82, 2.24) is 19.5 Å². The molecule has 0 spiro atoms. The number of anilines is 1. The predicted molar refractivity (Wildman–Crippen MR) is 150 cm³/mol. The van der Waals surface area contributed by atoms with Gasteiger partial charge in [-0.3, -0.25) is 9.78 Å². The summed E-state index contributed by atoms with van der Waals surface area (Å²) >= 11 is 0. The highest BCUT2D eigenvalue weighted by atomic mass is 31.2. The lowest BCUT2D eigenvalue weighted by atomic mass is 10.1. The molecule has 220 valence electrons. The molecule has 1 unspecified atom stereocenters. The van der Waals surface area contributed by atoms with Gasteiger partial charge >= 0.3 is 5.82 Å². The lowest BCUT2D eigenvalue weighted by Crippen LogP contribution is -2.13. The number of hydrogen-bond donors (Lipinski definition) is 2. The Labute approximate surface area is 238 Å². The van der Waals surface area contributed by atoms with Crippen molar-refractivity contribution in [2.75, 3.05) is 25.8 Å². The molecular formula is C27H27FN5O8P. The van der Waals surface area contributed by atoms with Gasteiger partial charge in [-0.05, 0) is 24.6 Å². The fraction of sp³-hybridized carbons (Fsp3) is 0.259. The van der Waals surface area contributed by atoms with E-state index in [0.29, 0.717) is 23.3 Å². The van der Waals surface area contributed by atoms with E-state index in [4.69, 9.17) is 33.1 Å². The third-order valence-electron chi connectivity index (χ3n) is 6.06. The molecule has 0 aliphatic heterocycles. The van der Waals surface area contributed by atoms with Crippen molar-refractivity contribution in [3.8, 4) is 17.1 Å². The van der Waals surface area contributed by atoms with Gasteiger partial charge in [0, 0.05) is 12.1 Å². The predicted octanol–water partition coefficient (Wildman–Crippen LogP) is 4.09. The third kappa shape index (κ3) is 6.92. The highest BCUT2D eigenvalue weighted by molar-refractivity contribution is 7.46. The first-order valence-electron chi connectivity index (χ1n) is 12.6. The second-order valence-electron chi connectivity index (χ2n) is 9.02. The van der Waals surface area contributed by atoms with E-state index in [0.717, 1.165) is 5.56 Å². The molecule has 0 aliphatic carbocycles. The molecule has 1 atom stereocenters. The molecule has 3 aromatic heterocycles. The van der Waals surface area contributed by atoms with Gasteiger partial charge in [0.1, 0.15) is 13.0 Å². The Kier molecular flexibility index (Phi) is 9.08. The van der Waals surface area contributed by atoms with Crippen molar-refractivity contribution in [2.24, 2.45) is 0 Å². The van der Waals surface area contributed by atoms with Gasteiger partial charge < -0.3 is 37.7 Å². The van der Waals surface area contributed by atoms with Crippen LogP contribution in [-0.4, -0.2) is 39.6 Å². The number of rotatable bonds is 13. The summed E-state index contributed by atoms with van der Waals surface area (Å²) in [6.07, 6.45) is 1.50. The van der Waals surface area contributed by atoms with Crippen molar-refractivity contribution >= 4 is 25.5 Å². The summed E-state index contributed by atoms with van der Waals surface area (Å²) in [5.41, 5.74) is 7.96. The van der Waals surface area contributed by atoms with Crippen LogP contribution in [-0.2, 0) is 33.5 Å². The second kappa shape index (κ2) is 13.1. The zero-order valence-electron chi connectivity index (χ0n) is 22.7. The average molecular weight is 600 g/mol. The van der Waals surface area contributed by atoms with E-state index < -0.39 is 25.6 Å². The lowest BCUT2D eigenvalue weighted by Gasteiger charge is -2.18. The van der Waals surface area contributed by atoms with Gasteiger partial charge in [0.15, 0.2) is 42.6 Å². The zero-order chi connectivity index (χ0) is 29.6. The first-order valence-corrected chi connectivity index (χ1v) is 14.0. The second-order valence-corrected chi connectivity index (χ2v) is 10.5. The summed E-state index contributed by atoms with van der Waals surface area (Å²) in [5.74, 6) is -0.851. The number of nitrogens with zero attached hydrogens (tertiary/aromatic N) is 3. The Morgan fingerprint density at radius 2 is 1.88 bits per heavy atom. The Morgan fingerprint density at radius 3 is 2.64 bits per heavy atom. The molecule has 5 rings (SSSR count). The van der Waals surface area contributed by atoms with Crippen molar-refractivity contribution in [3.05, 3.63) is 92.5 Å². The van der Waals surface area contributed by atoms with Gasteiger partial charge in [-0.15, -0.1) is 0 Å². The number of halogens is 1. The fourth-order valence-corrected chi connectivity index (χ4v) is 5.01. The maximum absolute atomic E-state index is 14.2. The highest BCUT2D eigenvalue weighted by Crippen LogP contribution is 2.41. The number of H-pyrrole nitrogens is 1. The van der Waals surface area contributed by atoms with Crippen LogP contribution in [0.5, 0.6) is 5.75 Å². The number of aromatic nitrogens is 4. The Hall–Kier alpha value is -4.36. The average Bonchev–Trinajstić information content (AvgIpc) is 3.55. The molecule has 5 aromatic rings. The van der Waals surface area contributed by atoms with Crippen LogP contribution in [0.3, 0.4) is 0 Å². The summed E-state index contributed by atoms with van der Waals surface area (Å²) < 4.78 is 49.0. The van der Waals surface area contributed by atoms with Crippen molar-refractivity contribution in [2.45, 2.75) is 26.7 Å². The molecule has 42 heavy (non-hydrogen) atoms. The van der Waals surface area contributed by atoms with E-state index in [9.17, 15) is 14.0 Å². The standard InChI is InChI=1S/C27H27FN5O8P/c1-16-3-6-18(7-4-16)23-21(40-27(35)41-23)13-39-42(38-12-17-5-8-20(36-2)19(28)11-17)15-37-10-9-33-14-30-22-24(33)31-26(29)32-25(22)34/h3-8,11,14H,9-10,12-13,15H2,1-2H3,(H3,29,31,32,34). The molecule has 13 nitrogen and oxygen atoms in total. The highest BCUT2D eigenvalue weighted by Gasteiger charge is 2.20. The maximum atomic E-state index is 14.2. The fourth-order valence-electron chi connectivity index (χ4n) is 3.95. The summed E-state index contributed by atoms with van der Waals surface area (Å²) in [5, 5.41) is 0. The molecule has 0 saturated heterocycles. The van der Waals surface area contributed by atoms with Gasteiger partial charge in [-0.2, -0.15) is 4.98 Å². The number of benzene rings is 2. The van der Waals surface area contributed by atoms with Gasteiger partial charge in [-0.1, -0.05) is 35.9 Å². The summed E-state index contributed by atoms with van der Waals surface area (Å²) in [6.45, 7) is 2.33. The minimum atomic E-state index is -1.72. The molecule has 0 saturated carbocycles. The van der Waals surface area contributed by atoms with Crippen LogP contribution in [0.2, 0.25) is 0 Å². The normalized spacial score (nSPS) is 12.2. The lowest BCUT2D eigenvalue weighted by molar-refractivity contribution is 0.136. The van der Waals surface area contributed by atoms with Crippen LogP contribution in [0.4, 0.5) is 10.3 Å². The number of methoxy groups -OCH3 is 1. The number of ether oxygens (including phenoxy) is 2. The molecule has 0 bridgehead atoms. The number of fused-ring (bicyclic) bond motifs is 1. The van der Waals surface area contributed by atoms with Gasteiger partial charge in [0.25, 0.3) is 5.56 Å². The van der Waals surface area contributed by atoms with E-state index in [1.165, 1.54) is 25.6 Å². The number of nitrogen functional groups attached to an aromatic ring is 1. The smallest absolute Gasteiger partial charge is 0.494 e. The van der Waals surface area contributed by atoms with Crippen LogP contribution in [0.1, 0.15) is 16.9 Å². The molecule has 3 heterocycles. The van der Waals surface area contributed by atoms with Gasteiger partial charge in [0.05, 0.1) is 26.7 Å². The minimum absolute atomic E-state index is 0.0219. The molecule has 0 aliphatic rings. The number of aromatic amines is 1. The Balaban J connectivity index is 1.26. The maximum Gasteiger partial charge on any atom is 0.519 e. The van der Waals surface area contributed by atoms with Crippen molar-refractivity contribution in [1.29, 1.82) is 0 Å². The molecule has 0 fully saturated rings. The van der Waals surface area contributed by atoms with E-state index in [-0.39, 0.29) is 54.9 Å². The van der Waals surface area contributed by atoms with E-state index in [2.05, 4.69) is 15.0 Å². The molecule has 0 amide bonds. The van der Waals surface area contributed by atoms with Crippen LogP contribution < -0.4 is 21.9 Å². The van der Waals surface area contributed by atoms with Crippen molar-refractivity contribution < 1.29 is 31.7 Å². The van der Waals surface area contributed by atoms with Gasteiger partial charge in [0.2, 0.25) is 5.95 Å². The van der Waals surface area contributed by atoms with Gasteiger partial charge in [-0.25, -0.2) is 14.2 Å². The van der Waals surface area contributed by atoms with Crippen molar-refractivity contribution in [3.63, 3.8) is 0 Å². The first-order chi connectivity index (χ1) is 20.3. The summed E-state index contributed by atoms with van der Waals surface area (Å²) in [6, 6.07) is 11.9. The quantitative estimate of drug-likeness (QED) is 0.148. The SMILES string of the molecule is COc1ccc(COP(COCCn2cnc3c(=O)[nH]c(N)nc32)OCc2oc(=O)oc2-c2ccc(C)cc2)cc1F. The molecule has 15 heteroatoms. The van der Waals surface area contributed by atoms with Crippen LogP contribution in [0.15, 0.2) is 67.2 Å². The summed E-state index contributed by atoms with van der Waals surface area (Å²) in [7, 11) is -0.332. The van der Waals surface area contributed by atoms with Crippen LogP contribution >= 0.6 is 8.38 Å². The molecule has 2 aromatic carbocycles. The number of aryl methyl sites for hydroxylation is 1. The third-order valence-corrected chi connectivity index (χ3v) is 7.28. The summed E-state index contributed by atoms with van der Waals surface area (Å²) in [4.78, 5) is 34.6. The molecule has 0 radical (unpaired) electrons. The van der Waals surface area contributed by atoms with Crippen LogP contribution in [0.25, 0.3) is 22.5 Å². The van der Waals surface area contributed by atoms with Crippen LogP contribution in [0, 0.1) is 12.7 Å². The largest absolute Gasteiger partial charge is 0.519 e. The number of imidazole rings is 1. The first kappa shape index (κ1) is 29.1.